The molecule has 3 aromatic rings. The molecule has 0 saturated heterocycles. The second-order valence-corrected chi connectivity index (χ2v) is 5.45. The second kappa shape index (κ2) is 6.17. The molecule has 1 aromatic carbocycles. The Hall–Kier alpha value is -3.13. The molecule has 5 heteroatoms. The van der Waals surface area contributed by atoms with E-state index < -0.39 is 22.6 Å². The molecule has 0 spiro atoms. The van der Waals surface area contributed by atoms with Crippen molar-refractivity contribution in [3.05, 3.63) is 95.1 Å². The molecular weight excluding hydrogens is 308 g/mol. The van der Waals surface area contributed by atoms with Crippen LogP contribution in [0.3, 0.4) is 0 Å². The Balaban J connectivity index is 2.35. The third-order valence-corrected chi connectivity index (χ3v) is 4.10. The zero-order valence-corrected chi connectivity index (χ0v) is 12.9. The lowest BCUT2D eigenvalue weighted by molar-refractivity contribution is 0.530. The molecule has 0 aliphatic heterocycles. The van der Waals surface area contributed by atoms with Crippen LogP contribution < -0.4 is 0 Å². The van der Waals surface area contributed by atoms with Crippen molar-refractivity contribution in [2.45, 2.75) is 12.3 Å². The minimum Gasteiger partial charge on any atom is -0.260 e. The lowest BCUT2D eigenvalue weighted by Crippen LogP contribution is -2.29. The fraction of sp³-hybridized carbons (Fsp3) is 0.105. The molecule has 0 atom stereocenters. The smallest absolute Gasteiger partial charge is 0.148 e. The largest absolute Gasteiger partial charge is 0.260 e. The number of benzene rings is 1. The van der Waals surface area contributed by atoms with Gasteiger partial charge in [0.2, 0.25) is 0 Å². The van der Waals surface area contributed by atoms with Gasteiger partial charge in [-0.15, -0.1) is 0 Å². The van der Waals surface area contributed by atoms with Gasteiger partial charge in [0, 0.05) is 18.0 Å². The summed E-state index contributed by atoms with van der Waals surface area (Å²) in [7, 11) is 0. The molecule has 0 aliphatic carbocycles. The van der Waals surface area contributed by atoms with Gasteiger partial charge in [-0.3, -0.25) is 9.97 Å². The van der Waals surface area contributed by atoms with Gasteiger partial charge in [0.05, 0.1) is 16.8 Å². The molecular formula is C19H13F2N3. The van der Waals surface area contributed by atoms with E-state index in [1.165, 1.54) is 6.07 Å². The molecule has 0 N–H and O–H groups in total. The predicted octanol–water partition coefficient (Wildman–Crippen LogP) is 3.98. The fourth-order valence-electron chi connectivity index (χ4n) is 2.77. The highest BCUT2D eigenvalue weighted by atomic mass is 19.1. The lowest BCUT2D eigenvalue weighted by Gasteiger charge is -2.30. The summed E-state index contributed by atoms with van der Waals surface area (Å²) in [5.74, 6) is -1.78. The topological polar surface area (TPSA) is 49.6 Å². The lowest BCUT2D eigenvalue weighted by atomic mass is 9.75. The van der Waals surface area contributed by atoms with Gasteiger partial charge in [-0.1, -0.05) is 18.2 Å². The highest BCUT2D eigenvalue weighted by Crippen LogP contribution is 2.38. The van der Waals surface area contributed by atoms with Crippen LogP contribution in [0.25, 0.3) is 0 Å². The van der Waals surface area contributed by atoms with E-state index in [1.807, 2.05) is 0 Å². The summed E-state index contributed by atoms with van der Waals surface area (Å²) < 4.78 is 28.6. The first-order chi connectivity index (χ1) is 11.6. The van der Waals surface area contributed by atoms with Crippen LogP contribution in [0, 0.1) is 23.0 Å². The Bertz CT molecular complexity index is 864. The van der Waals surface area contributed by atoms with Crippen LogP contribution in [-0.2, 0) is 5.41 Å². The second-order valence-electron chi connectivity index (χ2n) is 5.45. The molecule has 0 amide bonds. The van der Waals surface area contributed by atoms with Crippen LogP contribution in [0.15, 0.2) is 60.9 Å². The predicted molar refractivity (Wildman–Crippen MR) is 85.1 cm³/mol. The van der Waals surface area contributed by atoms with Crippen molar-refractivity contribution in [3.63, 3.8) is 0 Å². The van der Waals surface area contributed by atoms with Crippen molar-refractivity contribution in [1.82, 2.24) is 9.97 Å². The summed E-state index contributed by atoms with van der Waals surface area (Å²) in [6.07, 6.45) is 3.20. The third-order valence-electron chi connectivity index (χ3n) is 4.10. The molecule has 0 bridgehead atoms. The van der Waals surface area contributed by atoms with Gasteiger partial charge in [0.15, 0.2) is 0 Å². The number of nitrogens with zero attached hydrogens (tertiary/aromatic N) is 3. The van der Waals surface area contributed by atoms with Crippen LogP contribution in [-0.4, -0.2) is 9.97 Å². The van der Waals surface area contributed by atoms with Crippen LogP contribution >= 0.6 is 0 Å². The number of nitriles is 1. The Kier molecular flexibility index (Phi) is 4.05. The molecule has 24 heavy (non-hydrogen) atoms. The zero-order chi connectivity index (χ0) is 17.2. The maximum atomic E-state index is 14.9. The van der Waals surface area contributed by atoms with E-state index in [0.717, 1.165) is 6.07 Å². The van der Waals surface area contributed by atoms with Gasteiger partial charge in [-0.05, 0) is 37.3 Å². The molecule has 118 valence electrons. The SMILES string of the molecule is CC(c1ccccn1)(c1ccccn1)c1ccc(F)c(C#N)c1F. The van der Waals surface area contributed by atoms with Crippen LogP contribution in [0.5, 0.6) is 0 Å². The van der Waals surface area contributed by atoms with E-state index >= 15 is 0 Å². The van der Waals surface area contributed by atoms with Crippen molar-refractivity contribution in [3.8, 4) is 6.07 Å². The molecule has 0 fully saturated rings. The first-order valence-electron chi connectivity index (χ1n) is 7.30. The maximum absolute atomic E-state index is 14.9. The summed E-state index contributed by atoms with van der Waals surface area (Å²) in [5.41, 5.74) is -0.411. The van der Waals surface area contributed by atoms with Gasteiger partial charge in [-0.25, -0.2) is 8.78 Å². The van der Waals surface area contributed by atoms with Crippen LogP contribution in [0.2, 0.25) is 0 Å². The highest BCUT2D eigenvalue weighted by Gasteiger charge is 2.37. The van der Waals surface area contributed by atoms with Crippen molar-refractivity contribution in [2.75, 3.05) is 0 Å². The highest BCUT2D eigenvalue weighted by molar-refractivity contribution is 5.49. The van der Waals surface area contributed by atoms with Gasteiger partial charge in [0.1, 0.15) is 23.3 Å². The quantitative estimate of drug-likeness (QED) is 0.733. The third kappa shape index (κ3) is 2.42. The number of pyridine rings is 2. The molecule has 2 heterocycles. The van der Waals surface area contributed by atoms with Crippen molar-refractivity contribution >= 4 is 0 Å². The minimum absolute atomic E-state index is 0.151. The monoisotopic (exact) mass is 321 g/mol. The average molecular weight is 321 g/mol. The summed E-state index contributed by atoms with van der Waals surface area (Å²) in [5, 5.41) is 9.07. The minimum atomic E-state index is -1.06. The Morgan fingerprint density at radius 2 is 1.50 bits per heavy atom. The zero-order valence-electron chi connectivity index (χ0n) is 12.9. The summed E-state index contributed by atoms with van der Waals surface area (Å²) in [4.78, 5) is 8.68. The molecule has 3 nitrogen and oxygen atoms in total. The first kappa shape index (κ1) is 15.8. The van der Waals surface area contributed by atoms with E-state index in [4.69, 9.17) is 5.26 Å². The molecule has 0 unspecified atom stereocenters. The normalized spacial score (nSPS) is 11.1. The Morgan fingerprint density at radius 1 is 0.917 bits per heavy atom. The van der Waals surface area contributed by atoms with Crippen LogP contribution in [0.4, 0.5) is 8.78 Å². The van der Waals surface area contributed by atoms with Gasteiger partial charge < -0.3 is 0 Å². The standard InChI is InChI=1S/C19H13F2N3/c1-19(16-6-2-4-10-23-16,17-7-3-5-11-24-17)14-8-9-15(20)13(12-22)18(14)21/h2-11H,1H3. The van der Waals surface area contributed by atoms with Crippen molar-refractivity contribution in [1.29, 1.82) is 5.26 Å². The average Bonchev–Trinajstić information content (AvgIpc) is 2.63. The first-order valence-corrected chi connectivity index (χ1v) is 7.30. The molecule has 0 radical (unpaired) electrons. The maximum Gasteiger partial charge on any atom is 0.148 e. The molecule has 2 aromatic heterocycles. The van der Waals surface area contributed by atoms with Gasteiger partial charge in [-0.2, -0.15) is 5.26 Å². The van der Waals surface area contributed by atoms with Crippen molar-refractivity contribution < 1.29 is 8.78 Å². The summed E-state index contributed by atoms with van der Waals surface area (Å²) in [6.45, 7) is 1.76. The molecule has 3 rings (SSSR count). The van der Waals surface area contributed by atoms with Gasteiger partial charge in [0.25, 0.3) is 0 Å². The Labute approximate surface area is 138 Å². The van der Waals surface area contributed by atoms with E-state index in [0.29, 0.717) is 11.4 Å². The fourth-order valence-corrected chi connectivity index (χ4v) is 2.77. The van der Waals surface area contributed by atoms with Crippen LogP contribution in [0.1, 0.15) is 29.4 Å². The number of hydrogen-bond acceptors (Lipinski definition) is 3. The summed E-state index contributed by atoms with van der Waals surface area (Å²) in [6, 6.07) is 14.6. The molecule has 0 aliphatic rings. The van der Waals surface area contributed by atoms with E-state index in [9.17, 15) is 8.78 Å². The Morgan fingerprint density at radius 3 is 1.96 bits per heavy atom. The number of halogens is 2. The van der Waals surface area contributed by atoms with E-state index in [-0.39, 0.29) is 5.56 Å². The van der Waals surface area contributed by atoms with Gasteiger partial charge >= 0.3 is 0 Å². The summed E-state index contributed by atoms with van der Waals surface area (Å²) >= 11 is 0. The molecule has 0 saturated carbocycles. The van der Waals surface area contributed by atoms with E-state index in [1.54, 1.807) is 61.8 Å². The number of rotatable bonds is 3. The van der Waals surface area contributed by atoms with Crippen molar-refractivity contribution in [2.24, 2.45) is 0 Å². The number of aromatic nitrogens is 2. The number of hydrogen-bond donors (Lipinski definition) is 0. The van der Waals surface area contributed by atoms with E-state index in [2.05, 4.69) is 9.97 Å².